The SMILES string of the molecule is Nc1c(Cl)c(Cl)nc(C(=O)N=Nc2c(O)n(Cc3ccccc3)c3ccccc23)c1Cl. The second-order valence-corrected chi connectivity index (χ2v) is 7.67. The van der Waals surface area contributed by atoms with Crippen LogP contribution in [-0.4, -0.2) is 20.6 Å². The van der Waals surface area contributed by atoms with Crippen LogP contribution in [0.25, 0.3) is 10.9 Å². The number of benzene rings is 2. The molecule has 0 saturated heterocycles. The molecular weight excluding hydrogens is 461 g/mol. The van der Waals surface area contributed by atoms with E-state index in [-0.39, 0.29) is 38.1 Å². The van der Waals surface area contributed by atoms with E-state index in [4.69, 9.17) is 40.5 Å². The minimum Gasteiger partial charge on any atom is -0.493 e. The molecule has 2 aromatic heterocycles. The molecule has 0 fully saturated rings. The Bertz CT molecular complexity index is 1340. The Morgan fingerprint density at radius 1 is 1.03 bits per heavy atom. The van der Waals surface area contributed by atoms with Gasteiger partial charge in [-0.1, -0.05) is 83.3 Å². The average Bonchev–Trinajstić information content (AvgIpc) is 3.04. The Morgan fingerprint density at radius 2 is 1.71 bits per heavy atom. The van der Waals surface area contributed by atoms with Crippen molar-refractivity contribution >= 4 is 63.0 Å². The highest BCUT2D eigenvalue weighted by Crippen LogP contribution is 2.40. The van der Waals surface area contributed by atoms with Crippen molar-refractivity contribution < 1.29 is 9.90 Å². The van der Waals surface area contributed by atoms with Crippen LogP contribution in [0, 0.1) is 0 Å². The topological polar surface area (TPSA) is 106 Å². The molecule has 31 heavy (non-hydrogen) atoms. The zero-order valence-corrected chi connectivity index (χ0v) is 18.0. The highest BCUT2D eigenvalue weighted by molar-refractivity contribution is 6.46. The fourth-order valence-electron chi connectivity index (χ4n) is 3.11. The maximum atomic E-state index is 12.5. The van der Waals surface area contributed by atoms with Gasteiger partial charge < -0.3 is 15.4 Å². The quantitative estimate of drug-likeness (QED) is 0.269. The van der Waals surface area contributed by atoms with Crippen LogP contribution in [0.1, 0.15) is 16.1 Å². The van der Waals surface area contributed by atoms with Gasteiger partial charge in [0.2, 0.25) is 5.88 Å². The molecule has 2 heterocycles. The Morgan fingerprint density at radius 3 is 2.45 bits per heavy atom. The number of nitrogens with two attached hydrogens (primary N) is 1. The number of para-hydroxylation sites is 1. The van der Waals surface area contributed by atoms with Gasteiger partial charge in [-0.3, -0.25) is 4.79 Å². The van der Waals surface area contributed by atoms with E-state index in [1.54, 1.807) is 16.7 Å². The number of aromatic nitrogens is 2. The molecule has 0 aliphatic heterocycles. The van der Waals surface area contributed by atoms with E-state index in [2.05, 4.69) is 15.2 Å². The molecule has 4 rings (SSSR count). The fraction of sp³-hybridized carbons (Fsp3) is 0.0476. The Balaban J connectivity index is 1.75. The number of azo groups is 1. The van der Waals surface area contributed by atoms with E-state index in [0.29, 0.717) is 11.9 Å². The lowest BCUT2D eigenvalue weighted by atomic mass is 10.2. The maximum absolute atomic E-state index is 12.5. The number of carbonyl (C=O) groups is 1. The molecule has 0 bridgehead atoms. The third-order valence-electron chi connectivity index (χ3n) is 4.62. The van der Waals surface area contributed by atoms with Gasteiger partial charge >= 0.3 is 5.91 Å². The predicted molar refractivity (Wildman–Crippen MR) is 122 cm³/mol. The molecule has 3 N–H and O–H groups in total. The highest BCUT2D eigenvalue weighted by atomic mass is 35.5. The van der Waals surface area contributed by atoms with Crippen LogP contribution in [0.15, 0.2) is 64.8 Å². The first-order valence-corrected chi connectivity index (χ1v) is 10.1. The van der Waals surface area contributed by atoms with Gasteiger partial charge in [-0.25, -0.2) is 4.98 Å². The van der Waals surface area contributed by atoms with E-state index >= 15 is 0 Å². The molecule has 156 valence electrons. The lowest BCUT2D eigenvalue weighted by molar-refractivity contribution is 0.0990. The van der Waals surface area contributed by atoms with E-state index in [1.807, 2.05) is 42.5 Å². The normalized spacial score (nSPS) is 11.5. The molecule has 2 aromatic carbocycles. The van der Waals surface area contributed by atoms with Crippen LogP contribution >= 0.6 is 34.8 Å². The van der Waals surface area contributed by atoms with Crippen molar-refractivity contribution in [2.75, 3.05) is 5.73 Å². The fourth-order valence-corrected chi connectivity index (χ4v) is 3.70. The van der Waals surface area contributed by atoms with Gasteiger partial charge in [0.15, 0.2) is 16.5 Å². The molecule has 10 heteroatoms. The van der Waals surface area contributed by atoms with Crippen molar-refractivity contribution in [3.05, 3.63) is 81.1 Å². The van der Waals surface area contributed by atoms with Crippen LogP contribution in [-0.2, 0) is 6.54 Å². The van der Waals surface area contributed by atoms with Crippen LogP contribution < -0.4 is 5.73 Å². The number of carbonyl (C=O) groups excluding carboxylic acids is 1. The lowest BCUT2D eigenvalue weighted by Gasteiger charge is -2.07. The maximum Gasteiger partial charge on any atom is 0.315 e. The zero-order valence-electron chi connectivity index (χ0n) is 15.8. The Labute approximate surface area is 191 Å². The minimum absolute atomic E-state index is 0.0539. The van der Waals surface area contributed by atoms with Crippen LogP contribution in [0.3, 0.4) is 0 Å². The molecule has 0 atom stereocenters. The van der Waals surface area contributed by atoms with E-state index in [0.717, 1.165) is 11.1 Å². The number of anilines is 1. The van der Waals surface area contributed by atoms with E-state index < -0.39 is 5.91 Å². The number of halogens is 3. The van der Waals surface area contributed by atoms with E-state index in [9.17, 15) is 9.90 Å². The van der Waals surface area contributed by atoms with Gasteiger partial charge in [0.05, 0.1) is 22.8 Å². The smallest absolute Gasteiger partial charge is 0.315 e. The van der Waals surface area contributed by atoms with E-state index in [1.165, 1.54) is 0 Å². The van der Waals surface area contributed by atoms with Crippen molar-refractivity contribution in [1.82, 2.24) is 9.55 Å². The summed E-state index contributed by atoms with van der Waals surface area (Å²) in [7, 11) is 0. The number of aromatic hydroxyl groups is 1. The van der Waals surface area contributed by atoms with Crippen molar-refractivity contribution in [3.63, 3.8) is 0 Å². The number of nitrogen functional groups attached to an aromatic ring is 1. The largest absolute Gasteiger partial charge is 0.493 e. The molecule has 0 unspecified atom stereocenters. The highest BCUT2D eigenvalue weighted by Gasteiger charge is 2.21. The first kappa shape index (κ1) is 21.1. The third kappa shape index (κ3) is 3.95. The summed E-state index contributed by atoms with van der Waals surface area (Å²) < 4.78 is 1.69. The Hall–Kier alpha value is -3.13. The summed E-state index contributed by atoms with van der Waals surface area (Å²) in [5.41, 5.74) is 7.25. The van der Waals surface area contributed by atoms with Crippen LogP contribution in [0.4, 0.5) is 11.4 Å². The lowest BCUT2D eigenvalue weighted by Crippen LogP contribution is -2.03. The minimum atomic E-state index is -0.880. The summed E-state index contributed by atoms with van der Waals surface area (Å²) in [5.74, 6) is -1.01. The number of pyridine rings is 1. The standard InChI is InChI=1S/C21H14Cl3N5O2/c22-14-16(25)15(23)19(24)26-18(14)20(30)28-27-17-12-8-4-5-9-13(12)29(21(17)31)10-11-6-2-1-3-7-11/h1-9,31H,10H2,(H2,25,26). The summed E-state index contributed by atoms with van der Waals surface area (Å²) in [6.07, 6.45) is 0. The van der Waals surface area contributed by atoms with Gasteiger partial charge in [-0.2, -0.15) is 0 Å². The number of hydrogen-bond donors (Lipinski definition) is 2. The van der Waals surface area contributed by atoms with Gasteiger partial charge in [-0.15, -0.1) is 10.2 Å². The van der Waals surface area contributed by atoms with Gasteiger partial charge in [0.1, 0.15) is 5.02 Å². The molecule has 1 amide bonds. The average molecular weight is 475 g/mol. The zero-order chi connectivity index (χ0) is 22.1. The number of amides is 1. The van der Waals surface area contributed by atoms with Crippen LogP contribution in [0.5, 0.6) is 5.88 Å². The van der Waals surface area contributed by atoms with Crippen molar-refractivity contribution in [3.8, 4) is 5.88 Å². The molecule has 4 aromatic rings. The van der Waals surface area contributed by atoms with Crippen molar-refractivity contribution in [2.45, 2.75) is 6.54 Å². The second-order valence-electron chi connectivity index (χ2n) is 6.56. The van der Waals surface area contributed by atoms with Crippen molar-refractivity contribution in [2.24, 2.45) is 10.2 Å². The number of fused-ring (bicyclic) bond motifs is 1. The third-order valence-corrected chi connectivity index (χ3v) is 5.75. The summed E-state index contributed by atoms with van der Waals surface area (Å²) in [4.78, 5) is 16.4. The summed E-state index contributed by atoms with van der Waals surface area (Å²) in [6.45, 7) is 0.410. The summed E-state index contributed by atoms with van der Waals surface area (Å²) in [5, 5.41) is 18.7. The number of rotatable bonds is 4. The molecule has 0 saturated carbocycles. The summed E-state index contributed by atoms with van der Waals surface area (Å²) >= 11 is 17.8. The molecule has 0 aliphatic rings. The monoisotopic (exact) mass is 473 g/mol. The van der Waals surface area contributed by atoms with Gasteiger partial charge in [0, 0.05) is 5.39 Å². The molecule has 0 radical (unpaired) electrons. The van der Waals surface area contributed by atoms with Crippen molar-refractivity contribution in [1.29, 1.82) is 0 Å². The number of nitrogens with zero attached hydrogens (tertiary/aromatic N) is 4. The van der Waals surface area contributed by atoms with Crippen LogP contribution in [0.2, 0.25) is 15.2 Å². The first-order valence-electron chi connectivity index (χ1n) is 8.98. The van der Waals surface area contributed by atoms with Gasteiger partial charge in [-0.05, 0) is 11.6 Å². The number of hydrogen-bond acceptors (Lipinski definition) is 5. The molecule has 0 aliphatic carbocycles. The summed E-state index contributed by atoms with van der Waals surface area (Å²) in [6, 6.07) is 16.9. The molecular formula is C21H14Cl3N5O2. The Kier molecular flexibility index (Phi) is 5.82. The first-order chi connectivity index (χ1) is 14.9. The molecule has 7 nitrogen and oxygen atoms in total. The molecule has 0 spiro atoms. The predicted octanol–water partition coefficient (Wildman–Crippen LogP) is 6.26. The van der Waals surface area contributed by atoms with Gasteiger partial charge in [0.25, 0.3) is 0 Å². The second kappa shape index (κ2) is 8.55.